The smallest absolute Gasteiger partial charge is 0.326 e. The maximum Gasteiger partial charge on any atom is 0.326 e. The van der Waals surface area contributed by atoms with Gasteiger partial charge in [-0.15, -0.1) is 0 Å². The standard InChI is InChI=1S/C8H9NO2S/c10-8(11)7(9-12)6-4-2-1-3-5-6/h1-5,7,9,12H,(H,10,11). The van der Waals surface area contributed by atoms with Crippen molar-refractivity contribution in [3.63, 3.8) is 0 Å². The minimum atomic E-state index is -0.934. The van der Waals surface area contributed by atoms with Crippen LogP contribution in [0.1, 0.15) is 11.6 Å². The van der Waals surface area contributed by atoms with E-state index in [1.165, 1.54) is 0 Å². The lowest BCUT2D eigenvalue weighted by Gasteiger charge is -2.09. The van der Waals surface area contributed by atoms with Crippen LogP contribution >= 0.6 is 12.8 Å². The quantitative estimate of drug-likeness (QED) is 0.618. The van der Waals surface area contributed by atoms with Crippen molar-refractivity contribution in [2.75, 3.05) is 0 Å². The first-order valence-electron chi connectivity index (χ1n) is 3.43. The molecule has 0 saturated carbocycles. The van der Waals surface area contributed by atoms with E-state index < -0.39 is 12.0 Å². The number of carboxylic acids is 1. The topological polar surface area (TPSA) is 49.3 Å². The summed E-state index contributed by atoms with van der Waals surface area (Å²) in [6, 6.07) is 8.15. The zero-order valence-corrected chi connectivity index (χ0v) is 7.16. The number of thiol groups is 1. The molecule has 2 N–H and O–H groups in total. The highest BCUT2D eigenvalue weighted by Gasteiger charge is 2.16. The molecule has 0 amide bonds. The molecule has 64 valence electrons. The van der Waals surface area contributed by atoms with Gasteiger partial charge in [0, 0.05) is 0 Å². The van der Waals surface area contributed by atoms with Crippen molar-refractivity contribution in [2.24, 2.45) is 0 Å². The average Bonchev–Trinajstić information content (AvgIpc) is 2.07. The molecule has 0 aromatic heterocycles. The second-order valence-corrected chi connectivity index (χ2v) is 2.57. The van der Waals surface area contributed by atoms with Crippen molar-refractivity contribution < 1.29 is 9.90 Å². The predicted octanol–water partition coefficient (Wildman–Crippen LogP) is 1.25. The SMILES string of the molecule is O=C(O)C(NS)c1ccccc1. The number of carboxylic acid groups (broad SMARTS) is 1. The number of hydrogen-bond donors (Lipinski definition) is 3. The van der Waals surface area contributed by atoms with E-state index in [2.05, 4.69) is 17.5 Å². The van der Waals surface area contributed by atoms with Gasteiger partial charge in [0.2, 0.25) is 0 Å². The van der Waals surface area contributed by atoms with Gasteiger partial charge in [-0.1, -0.05) is 43.1 Å². The maximum absolute atomic E-state index is 10.6. The van der Waals surface area contributed by atoms with Crippen LogP contribution in [0.3, 0.4) is 0 Å². The number of carbonyl (C=O) groups is 1. The van der Waals surface area contributed by atoms with Gasteiger partial charge in [-0.25, -0.2) is 4.72 Å². The van der Waals surface area contributed by atoms with Gasteiger partial charge < -0.3 is 5.11 Å². The molecule has 1 atom stereocenters. The normalized spacial score (nSPS) is 12.4. The van der Waals surface area contributed by atoms with Crippen LogP contribution in [0, 0.1) is 0 Å². The Morgan fingerprint density at radius 1 is 1.42 bits per heavy atom. The summed E-state index contributed by atoms with van der Waals surface area (Å²) in [6.07, 6.45) is 0. The van der Waals surface area contributed by atoms with E-state index in [9.17, 15) is 4.79 Å². The fraction of sp³-hybridized carbons (Fsp3) is 0.125. The summed E-state index contributed by atoms with van der Waals surface area (Å²) >= 11 is 3.74. The van der Waals surface area contributed by atoms with Crippen LogP contribution in [-0.2, 0) is 4.79 Å². The van der Waals surface area contributed by atoms with E-state index in [1.807, 2.05) is 6.07 Å². The van der Waals surface area contributed by atoms with Gasteiger partial charge >= 0.3 is 5.97 Å². The highest BCUT2D eigenvalue weighted by molar-refractivity contribution is 7.78. The molecule has 1 aromatic rings. The van der Waals surface area contributed by atoms with Gasteiger partial charge in [0.25, 0.3) is 0 Å². The molecule has 0 bridgehead atoms. The van der Waals surface area contributed by atoms with Gasteiger partial charge in [0.15, 0.2) is 0 Å². The Kier molecular flexibility index (Phi) is 3.13. The van der Waals surface area contributed by atoms with Crippen LogP contribution in [0.15, 0.2) is 30.3 Å². The maximum atomic E-state index is 10.6. The Morgan fingerprint density at radius 3 is 2.42 bits per heavy atom. The second-order valence-electron chi connectivity index (χ2n) is 2.31. The van der Waals surface area contributed by atoms with E-state index >= 15 is 0 Å². The molecule has 1 rings (SSSR count). The third-order valence-corrected chi connectivity index (χ3v) is 1.77. The highest BCUT2D eigenvalue weighted by atomic mass is 32.1. The molecule has 0 spiro atoms. The van der Waals surface area contributed by atoms with Crippen LogP contribution in [0.5, 0.6) is 0 Å². The van der Waals surface area contributed by atoms with Gasteiger partial charge in [-0.3, -0.25) is 4.79 Å². The molecule has 1 aromatic carbocycles. The van der Waals surface area contributed by atoms with Gasteiger partial charge in [-0.05, 0) is 5.56 Å². The van der Waals surface area contributed by atoms with Gasteiger partial charge in [-0.2, -0.15) is 0 Å². The Morgan fingerprint density at radius 2 is 2.00 bits per heavy atom. The van der Waals surface area contributed by atoms with E-state index in [4.69, 9.17) is 5.11 Å². The summed E-state index contributed by atoms with van der Waals surface area (Å²) in [5.74, 6) is -0.934. The molecule has 1 unspecified atom stereocenters. The first-order valence-corrected chi connectivity index (χ1v) is 3.88. The molecule has 0 aliphatic heterocycles. The third kappa shape index (κ3) is 1.99. The van der Waals surface area contributed by atoms with E-state index in [-0.39, 0.29) is 0 Å². The Balaban J connectivity index is 2.88. The van der Waals surface area contributed by atoms with E-state index in [0.29, 0.717) is 5.56 Å². The summed E-state index contributed by atoms with van der Waals surface area (Å²) in [4.78, 5) is 10.6. The van der Waals surface area contributed by atoms with Crippen LogP contribution in [0.4, 0.5) is 0 Å². The largest absolute Gasteiger partial charge is 0.480 e. The lowest BCUT2D eigenvalue weighted by atomic mass is 10.1. The van der Waals surface area contributed by atoms with Gasteiger partial charge in [0.05, 0.1) is 0 Å². The van der Waals surface area contributed by atoms with Crippen LogP contribution in [0.25, 0.3) is 0 Å². The van der Waals surface area contributed by atoms with Crippen molar-refractivity contribution in [3.05, 3.63) is 35.9 Å². The zero-order valence-electron chi connectivity index (χ0n) is 6.27. The van der Waals surface area contributed by atoms with Crippen molar-refractivity contribution in [3.8, 4) is 0 Å². The molecule has 4 heteroatoms. The fourth-order valence-electron chi connectivity index (χ4n) is 0.918. The molecule has 0 saturated heterocycles. The zero-order chi connectivity index (χ0) is 8.97. The van der Waals surface area contributed by atoms with Crippen molar-refractivity contribution in [2.45, 2.75) is 6.04 Å². The first-order chi connectivity index (χ1) is 5.75. The molecule has 0 fully saturated rings. The van der Waals surface area contributed by atoms with Crippen molar-refractivity contribution in [1.29, 1.82) is 0 Å². The summed E-state index contributed by atoms with van der Waals surface area (Å²) in [5, 5.41) is 8.72. The summed E-state index contributed by atoms with van der Waals surface area (Å²) in [7, 11) is 0. The van der Waals surface area contributed by atoms with Crippen molar-refractivity contribution in [1.82, 2.24) is 4.72 Å². The summed E-state index contributed by atoms with van der Waals surface area (Å²) in [6.45, 7) is 0. The van der Waals surface area contributed by atoms with Crippen LogP contribution < -0.4 is 4.72 Å². The van der Waals surface area contributed by atoms with Crippen LogP contribution in [0.2, 0.25) is 0 Å². The molecule has 0 aliphatic carbocycles. The van der Waals surface area contributed by atoms with Gasteiger partial charge in [0.1, 0.15) is 6.04 Å². The Bertz CT molecular complexity index is 263. The molecule has 12 heavy (non-hydrogen) atoms. The minimum Gasteiger partial charge on any atom is -0.480 e. The minimum absolute atomic E-state index is 0.694. The number of hydrogen-bond acceptors (Lipinski definition) is 3. The van der Waals surface area contributed by atoms with Crippen molar-refractivity contribution >= 4 is 18.8 Å². The highest BCUT2D eigenvalue weighted by Crippen LogP contribution is 2.12. The molecular formula is C8H9NO2S. The molecule has 0 radical (unpaired) electrons. The fourth-order valence-corrected chi connectivity index (χ4v) is 1.18. The first kappa shape index (κ1) is 9.09. The molecule has 3 nitrogen and oxygen atoms in total. The third-order valence-electron chi connectivity index (χ3n) is 1.51. The second kappa shape index (κ2) is 4.13. The Hall–Kier alpha value is -1.00. The predicted molar refractivity (Wildman–Crippen MR) is 48.9 cm³/mol. The average molecular weight is 183 g/mol. The summed E-state index contributed by atoms with van der Waals surface area (Å²) in [5.41, 5.74) is 0.694. The Labute approximate surface area is 76.0 Å². The summed E-state index contributed by atoms with van der Waals surface area (Å²) < 4.78 is 2.41. The van der Waals surface area contributed by atoms with Crippen LogP contribution in [-0.4, -0.2) is 11.1 Å². The lowest BCUT2D eigenvalue weighted by Crippen LogP contribution is -2.21. The molecule has 0 aliphatic rings. The number of rotatable bonds is 3. The number of benzene rings is 1. The van der Waals surface area contributed by atoms with E-state index in [1.54, 1.807) is 24.3 Å². The molecule has 0 heterocycles. The lowest BCUT2D eigenvalue weighted by molar-refractivity contribution is -0.139. The van der Waals surface area contributed by atoms with E-state index in [0.717, 1.165) is 0 Å². The number of nitrogens with one attached hydrogen (secondary N) is 1. The molecular weight excluding hydrogens is 174 g/mol. The monoisotopic (exact) mass is 183 g/mol. The number of aliphatic carboxylic acids is 1.